The van der Waals surface area contributed by atoms with Gasteiger partial charge in [0.15, 0.2) is 0 Å². The van der Waals surface area contributed by atoms with Gasteiger partial charge in [-0.2, -0.15) is 0 Å². The van der Waals surface area contributed by atoms with Gasteiger partial charge in [0, 0.05) is 0 Å². The summed E-state index contributed by atoms with van der Waals surface area (Å²) in [6, 6.07) is 8.07. The highest BCUT2D eigenvalue weighted by Gasteiger charge is 2.28. The first-order valence-corrected chi connectivity index (χ1v) is 6.68. The molecule has 0 unspecified atom stereocenters. The van der Waals surface area contributed by atoms with E-state index in [0.717, 1.165) is 24.8 Å². The summed E-state index contributed by atoms with van der Waals surface area (Å²) in [5, 5.41) is 0. The van der Waals surface area contributed by atoms with Gasteiger partial charge in [0.1, 0.15) is 6.61 Å². The number of hydrogen-bond donors (Lipinski definition) is 0. The Bertz CT molecular complexity index is 377. The van der Waals surface area contributed by atoms with E-state index in [1.54, 1.807) is 0 Å². The third-order valence-corrected chi connectivity index (χ3v) is 3.20. The van der Waals surface area contributed by atoms with Gasteiger partial charge in [-0.15, -0.1) is 0 Å². The summed E-state index contributed by atoms with van der Waals surface area (Å²) in [7, 11) is 0. The second kappa shape index (κ2) is 6.58. The Morgan fingerprint density at radius 3 is 2.39 bits per heavy atom. The van der Waals surface area contributed by atoms with Gasteiger partial charge < -0.3 is 4.74 Å². The highest BCUT2D eigenvalue weighted by Crippen LogP contribution is 2.25. The van der Waals surface area contributed by atoms with E-state index >= 15 is 0 Å². The summed E-state index contributed by atoms with van der Waals surface area (Å²) < 4.78 is 5.39. The van der Waals surface area contributed by atoms with E-state index < -0.39 is 0 Å². The van der Waals surface area contributed by atoms with E-state index in [4.69, 9.17) is 4.74 Å². The first-order valence-electron chi connectivity index (χ1n) is 6.68. The van der Waals surface area contributed by atoms with E-state index in [-0.39, 0.29) is 11.4 Å². The molecule has 0 N–H and O–H groups in total. The third-order valence-electron chi connectivity index (χ3n) is 3.20. The van der Waals surface area contributed by atoms with E-state index in [0.29, 0.717) is 6.61 Å². The number of esters is 1. The highest BCUT2D eigenvalue weighted by atomic mass is 16.5. The maximum absolute atomic E-state index is 12.0. The monoisotopic (exact) mass is 248 g/mol. The van der Waals surface area contributed by atoms with Crippen LogP contribution in [0.4, 0.5) is 0 Å². The molecule has 2 heteroatoms. The van der Waals surface area contributed by atoms with Crippen LogP contribution in [0.2, 0.25) is 0 Å². The third kappa shape index (κ3) is 4.52. The molecule has 0 saturated carbocycles. The van der Waals surface area contributed by atoms with Crippen LogP contribution < -0.4 is 0 Å². The number of carbonyl (C=O) groups is 1. The molecule has 0 aromatic heterocycles. The van der Waals surface area contributed by atoms with Gasteiger partial charge in [0.05, 0.1) is 5.41 Å². The van der Waals surface area contributed by atoms with Crippen molar-refractivity contribution in [3.63, 3.8) is 0 Å². The molecule has 2 nitrogen and oxygen atoms in total. The number of rotatable bonds is 6. The maximum Gasteiger partial charge on any atom is 0.311 e. The molecule has 0 bridgehead atoms. The Morgan fingerprint density at radius 2 is 1.83 bits per heavy atom. The van der Waals surface area contributed by atoms with Gasteiger partial charge in [-0.05, 0) is 32.8 Å². The van der Waals surface area contributed by atoms with Gasteiger partial charge in [0.2, 0.25) is 0 Å². The minimum atomic E-state index is -0.374. The normalized spacial score (nSPS) is 11.3. The molecule has 1 aromatic carbocycles. The molecule has 0 heterocycles. The van der Waals surface area contributed by atoms with Crippen LogP contribution in [-0.2, 0) is 16.1 Å². The molecule has 0 radical (unpaired) electrons. The number of carbonyl (C=O) groups excluding carboxylic acids is 1. The summed E-state index contributed by atoms with van der Waals surface area (Å²) in [6.45, 7) is 8.46. The van der Waals surface area contributed by atoms with Crippen molar-refractivity contribution in [2.24, 2.45) is 5.41 Å². The first kappa shape index (κ1) is 14.7. The van der Waals surface area contributed by atoms with Gasteiger partial charge >= 0.3 is 5.97 Å². The first-order chi connectivity index (χ1) is 8.45. The number of hydrogen-bond acceptors (Lipinski definition) is 2. The largest absolute Gasteiger partial charge is 0.460 e. The second-order valence-corrected chi connectivity index (χ2v) is 5.55. The molecule has 0 spiro atoms. The molecule has 0 aliphatic carbocycles. The standard InChI is InChI=1S/C16H24O2/c1-5-6-11-16(3,4)15(17)18-12-14-9-7-13(2)8-10-14/h7-10H,5-6,11-12H2,1-4H3. The maximum atomic E-state index is 12.0. The summed E-state index contributed by atoms with van der Waals surface area (Å²) in [5.41, 5.74) is 1.88. The van der Waals surface area contributed by atoms with Crippen molar-refractivity contribution in [3.05, 3.63) is 35.4 Å². The minimum Gasteiger partial charge on any atom is -0.460 e. The van der Waals surface area contributed by atoms with Crippen LogP contribution in [0.1, 0.15) is 51.2 Å². The van der Waals surface area contributed by atoms with Crippen molar-refractivity contribution in [3.8, 4) is 0 Å². The predicted octanol–water partition coefficient (Wildman–Crippen LogP) is 4.25. The van der Waals surface area contributed by atoms with Gasteiger partial charge in [-0.3, -0.25) is 4.79 Å². The fraction of sp³-hybridized carbons (Fsp3) is 0.562. The van der Waals surface area contributed by atoms with Crippen molar-refractivity contribution in [2.45, 2.75) is 53.6 Å². The molecule has 100 valence electrons. The SMILES string of the molecule is CCCCC(C)(C)C(=O)OCc1ccc(C)cc1. The number of unbranched alkanes of at least 4 members (excludes halogenated alkanes) is 1. The van der Waals surface area contributed by atoms with Crippen LogP contribution >= 0.6 is 0 Å². The number of ether oxygens (including phenoxy) is 1. The Kier molecular flexibility index (Phi) is 5.39. The summed E-state index contributed by atoms with van der Waals surface area (Å²) in [6.07, 6.45) is 3.05. The molecule has 0 amide bonds. The molecule has 1 rings (SSSR count). The summed E-state index contributed by atoms with van der Waals surface area (Å²) in [4.78, 5) is 12.0. The van der Waals surface area contributed by atoms with Crippen LogP contribution in [-0.4, -0.2) is 5.97 Å². The van der Waals surface area contributed by atoms with Crippen LogP contribution in [0.25, 0.3) is 0 Å². The minimum absolute atomic E-state index is 0.100. The van der Waals surface area contributed by atoms with E-state index in [1.807, 2.05) is 45.0 Å². The van der Waals surface area contributed by atoms with E-state index in [2.05, 4.69) is 6.92 Å². The van der Waals surface area contributed by atoms with Crippen LogP contribution in [0.5, 0.6) is 0 Å². The molecule has 1 aromatic rings. The predicted molar refractivity (Wildman–Crippen MR) is 74.3 cm³/mol. The lowest BCUT2D eigenvalue weighted by molar-refractivity contribution is -0.155. The molecule has 0 saturated heterocycles. The lowest BCUT2D eigenvalue weighted by atomic mass is 9.87. The topological polar surface area (TPSA) is 26.3 Å². The summed E-state index contributed by atoms with van der Waals surface area (Å²) in [5.74, 6) is -0.100. The fourth-order valence-corrected chi connectivity index (χ4v) is 1.75. The van der Waals surface area contributed by atoms with Crippen molar-refractivity contribution in [1.29, 1.82) is 0 Å². The average Bonchev–Trinajstić information content (AvgIpc) is 2.35. The highest BCUT2D eigenvalue weighted by molar-refractivity contribution is 5.75. The van der Waals surface area contributed by atoms with Crippen LogP contribution in [0.3, 0.4) is 0 Å². The van der Waals surface area contributed by atoms with Crippen molar-refractivity contribution in [2.75, 3.05) is 0 Å². The molecule has 0 aliphatic heterocycles. The Balaban J connectivity index is 2.47. The Morgan fingerprint density at radius 1 is 1.22 bits per heavy atom. The fourth-order valence-electron chi connectivity index (χ4n) is 1.75. The van der Waals surface area contributed by atoms with Crippen LogP contribution in [0.15, 0.2) is 24.3 Å². The average molecular weight is 248 g/mol. The molecule has 0 fully saturated rings. The van der Waals surface area contributed by atoms with E-state index in [9.17, 15) is 4.79 Å². The molecular formula is C16H24O2. The van der Waals surface area contributed by atoms with Gasteiger partial charge in [0.25, 0.3) is 0 Å². The Hall–Kier alpha value is -1.31. The smallest absolute Gasteiger partial charge is 0.311 e. The van der Waals surface area contributed by atoms with Crippen molar-refractivity contribution < 1.29 is 9.53 Å². The van der Waals surface area contributed by atoms with Gasteiger partial charge in [-0.25, -0.2) is 0 Å². The zero-order valence-corrected chi connectivity index (χ0v) is 12.0. The van der Waals surface area contributed by atoms with Crippen molar-refractivity contribution in [1.82, 2.24) is 0 Å². The van der Waals surface area contributed by atoms with Crippen LogP contribution in [0, 0.1) is 12.3 Å². The lowest BCUT2D eigenvalue weighted by Gasteiger charge is -2.22. The molecular weight excluding hydrogens is 224 g/mol. The lowest BCUT2D eigenvalue weighted by Crippen LogP contribution is -2.26. The second-order valence-electron chi connectivity index (χ2n) is 5.55. The zero-order chi connectivity index (χ0) is 13.6. The van der Waals surface area contributed by atoms with Crippen molar-refractivity contribution >= 4 is 5.97 Å². The zero-order valence-electron chi connectivity index (χ0n) is 12.0. The quantitative estimate of drug-likeness (QED) is 0.703. The molecule has 18 heavy (non-hydrogen) atoms. The van der Waals surface area contributed by atoms with E-state index in [1.165, 1.54) is 5.56 Å². The van der Waals surface area contributed by atoms with Gasteiger partial charge in [-0.1, -0.05) is 49.6 Å². The summed E-state index contributed by atoms with van der Waals surface area (Å²) >= 11 is 0. The number of aryl methyl sites for hydroxylation is 1. The molecule has 0 atom stereocenters. The molecule has 0 aliphatic rings. The number of benzene rings is 1. The Labute approximate surface area is 110 Å².